The number of hydrogen-bond donors (Lipinski definition) is 2. The van der Waals surface area contributed by atoms with Crippen molar-refractivity contribution >= 4 is 0 Å². The molecule has 0 saturated heterocycles. The first-order chi connectivity index (χ1) is 7.06. The molecule has 84 valence electrons. The molecule has 0 atom stereocenters. The zero-order valence-electron chi connectivity index (χ0n) is 9.40. The molecule has 1 aromatic rings. The molecule has 0 spiro atoms. The lowest BCUT2D eigenvalue weighted by Gasteiger charge is -2.17. The van der Waals surface area contributed by atoms with Crippen LogP contribution in [0.2, 0.25) is 0 Å². The molecule has 1 aliphatic carbocycles. The van der Waals surface area contributed by atoms with Crippen LogP contribution in [0.3, 0.4) is 0 Å². The van der Waals surface area contributed by atoms with Crippen LogP contribution < -0.4 is 5.32 Å². The van der Waals surface area contributed by atoms with Gasteiger partial charge in [0, 0.05) is 25.3 Å². The molecule has 0 bridgehead atoms. The molecule has 1 heterocycles. The van der Waals surface area contributed by atoms with E-state index in [9.17, 15) is 5.11 Å². The third-order valence-corrected chi connectivity index (χ3v) is 2.55. The molecule has 2 rings (SSSR count). The van der Waals surface area contributed by atoms with E-state index in [1.807, 2.05) is 12.5 Å². The second-order valence-corrected chi connectivity index (χ2v) is 4.94. The van der Waals surface area contributed by atoms with Crippen molar-refractivity contribution in [3.63, 3.8) is 0 Å². The minimum absolute atomic E-state index is 0.600. The van der Waals surface area contributed by atoms with Gasteiger partial charge in [-0.1, -0.05) is 0 Å². The van der Waals surface area contributed by atoms with Gasteiger partial charge in [0.15, 0.2) is 0 Å². The number of rotatable bonds is 5. The highest BCUT2D eigenvalue weighted by Crippen LogP contribution is 2.35. The van der Waals surface area contributed by atoms with E-state index in [1.54, 1.807) is 13.8 Å². The van der Waals surface area contributed by atoms with Gasteiger partial charge in [-0.05, 0) is 26.7 Å². The van der Waals surface area contributed by atoms with Gasteiger partial charge in [0.1, 0.15) is 0 Å². The lowest BCUT2D eigenvalue weighted by molar-refractivity contribution is 0.0793. The average Bonchev–Trinajstić information content (AvgIpc) is 2.86. The highest BCUT2D eigenvalue weighted by Gasteiger charge is 2.25. The average molecular weight is 209 g/mol. The normalized spacial score (nSPS) is 17.0. The van der Waals surface area contributed by atoms with Crippen LogP contribution >= 0.6 is 0 Å². The van der Waals surface area contributed by atoms with Gasteiger partial charge in [0.2, 0.25) is 0 Å². The van der Waals surface area contributed by atoms with Gasteiger partial charge in [-0.2, -0.15) is 0 Å². The lowest BCUT2D eigenvalue weighted by Crippen LogP contribution is -2.34. The summed E-state index contributed by atoms with van der Waals surface area (Å²) in [7, 11) is 0. The Hall–Kier alpha value is -0.870. The number of nitrogens with one attached hydrogen (secondary N) is 1. The van der Waals surface area contributed by atoms with Crippen molar-refractivity contribution in [2.24, 2.45) is 0 Å². The van der Waals surface area contributed by atoms with Crippen molar-refractivity contribution in [2.45, 2.75) is 44.9 Å². The fourth-order valence-electron chi connectivity index (χ4n) is 1.65. The van der Waals surface area contributed by atoms with Crippen molar-refractivity contribution in [1.82, 2.24) is 14.9 Å². The molecular formula is C11H19N3O. The molecule has 0 amide bonds. The van der Waals surface area contributed by atoms with Crippen LogP contribution in [0.5, 0.6) is 0 Å². The van der Waals surface area contributed by atoms with E-state index < -0.39 is 5.60 Å². The largest absolute Gasteiger partial charge is 0.389 e. The van der Waals surface area contributed by atoms with Crippen LogP contribution in [-0.4, -0.2) is 26.8 Å². The molecular weight excluding hydrogens is 190 g/mol. The standard InChI is InChI=1S/C11H19N3O/c1-11(2,15)7-12-5-10-6-13-8-14(10)9-3-4-9/h6,8-9,12,15H,3-5,7H2,1-2H3. The van der Waals surface area contributed by atoms with Crippen molar-refractivity contribution in [3.05, 3.63) is 18.2 Å². The Kier molecular flexibility index (Phi) is 2.80. The van der Waals surface area contributed by atoms with Crippen molar-refractivity contribution in [2.75, 3.05) is 6.54 Å². The molecule has 1 aliphatic rings. The number of imidazole rings is 1. The van der Waals surface area contributed by atoms with Crippen molar-refractivity contribution in [3.8, 4) is 0 Å². The highest BCUT2D eigenvalue weighted by atomic mass is 16.3. The van der Waals surface area contributed by atoms with Gasteiger partial charge < -0.3 is 15.0 Å². The molecule has 4 heteroatoms. The van der Waals surface area contributed by atoms with E-state index in [2.05, 4.69) is 14.9 Å². The molecule has 0 aliphatic heterocycles. The summed E-state index contributed by atoms with van der Waals surface area (Å²) in [4.78, 5) is 4.16. The first-order valence-electron chi connectivity index (χ1n) is 5.50. The van der Waals surface area contributed by atoms with Gasteiger partial charge in [-0.15, -0.1) is 0 Å². The molecule has 1 fully saturated rings. The Morgan fingerprint density at radius 3 is 2.93 bits per heavy atom. The summed E-state index contributed by atoms with van der Waals surface area (Å²) >= 11 is 0. The molecule has 0 aromatic carbocycles. The quantitative estimate of drug-likeness (QED) is 0.763. The molecule has 1 saturated carbocycles. The molecule has 4 nitrogen and oxygen atoms in total. The monoisotopic (exact) mass is 209 g/mol. The number of aliphatic hydroxyl groups is 1. The predicted molar refractivity (Wildman–Crippen MR) is 58.5 cm³/mol. The van der Waals surface area contributed by atoms with Gasteiger partial charge >= 0.3 is 0 Å². The Morgan fingerprint density at radius 1 is 1.60 bits per heavy atom. The summed E-state index contributed by atoms with van der Waals surface area (Å²) in [5, 5.41) is 12.8. The fraction of sp³-hybridized carbons (Fsp3) is 0.727. The summed E-state index contributed by atoms with van der Waals surface area (Å²) in [6.45, 7) is 4.99. The van der Waals surface area contributed by atoms with Crippen molar-refractivity contribution in [1.29, 1.82) is 0 Å². The Bertz CT molecular complexity index is 323. The van der Waals surface area contributed by atoms with Crippen LogP contribution in [0.1, 0.15) is 38.4 Å². The predicted octanol–water partition coefficient (Wildman–Crippen LogP) is 1.08. The number of hydrogen-bond acceptors (Lipinski definition) is 3. The van der Waals surface area contributed by atoms with Gasteiger partial charge in [0.05, 0.1) is 17.6 Å². The zero-order valence-corrected chi connectivity index (χ0v) is 9.40. The third-order valence-electron chi connectivity index (χ3n) is 2.55. The summed E-state index contributed by atoms with van der Waals surface area (Å²) in [5.74, 6) is 0. The maximum atomic E-state index is 9.55. The van der Waals surface area contributed by atoms with Gasteiger partial charge in [0.25, 0.3) is 0 Å². The van der Waals surface area contributed by atoms with E-state index in [1.165, 1.54) is 18.5 Å². The van der Waals surface area contributed by atoms with Gasteiger partial charge in [-0.3, -0.25) is 0 Å². The maximum absolute atomic E-state index is 9.55. The van der Waals surface area contributed by atoms with Crippen LogP contribution in [0.4, 0.5) is 0 Å². The molecule has 0 unspecified atom stereocenters. The Balaban J connectivity index is 1.85. The summed E-state index contributed by atoms with van der Waals surface area (Å²) in [6, 6.07) is 0.673. The van der Waals surface area contributed by atoms with Crippen molar-refractivity contribution < 1.29 is 5.11 Å². The lowest BCUT2D eigenvalue weighted by atomic mass is 10.1. The molecule has 2 N–H and O–H groups in total. The SMILES string of the molecule is CC(C)(O)CNCc1cncn1C1CC1. The van der Waals surface area contributed by atoms with E-state index in [4.69, 9.17) is 0 Å². The van der Waals surface area contributed by atoms with Crippen LogP contribution in [0, 0.1) is 0 Å². The summed E-state index contributed by atoms with van der Waals surface area (Å²) < 4.78 is 2.23. The van der Waals surface area contributed by atoms with Crippen LogP contribution in [0.15, 0.2) is 12.5 Å². The second kappa shape index (κ2) is 3.94. The van der Waals surface area contributed by atoms with E-state index in [0.717, 1.165) is 6.54 Å². The number of nitrogens with zero attached hydrogens (tertiary/aromatic N) is 2. The minimum Gasteiger partial charge on any atom is -0.389 e. The first kappa shape index (κ1) is 10.6. The second-order valence-electron chi connectivity index (χ2n) is 4.94. The minimum atomic E-state index is -0.648. The smallest absolute Gasteiger partial charge is 0.0951 e. The van der Waals surface area contributed by atoms with E-state index in [0.29, 0.717) is 12.6 Å². The Labute approximate surface area is 90.3 Å². The topological polar surface area (TPSA) is 50.1 Å². The summed E-state index contributed by atoms with van der Waals surface area (Å²) in [6.07, 6.45) is 6.35. The molecule has 0 radical (unpaired) electrons. The van der Waals surface area contributed by atoms with Crippen LogP contribution in [0.25, 0.3) is 0 Å². The Morgan fingerprint density at radius 2 is 2.33 bits per heavy atom. The van der Waals surface area contributed by atoms with Gasteiger partial charge in [-0.25, -0.2) is 4.98 Å². The first-order valence-corrected chi connectivity index (χ1v) is 5.50. The molecule has 15 heavy (non-hydrogen) atoms. The molecule has 1 aromatic heterocycles. The zero-order chi connectivity index (χ0) is 10.9. The van der Waals surface area contributed by atoms with E-state index in [-0.39, 0.29) is 0 Å². The summed E-state index contributed by atoms with van der Waals surface area (Å²) in [5.41, 5.74) is 0.562. The number of aromatic nitrogens is 2. The third kappa shape index (κ3) is 3.04. The van der Waals surface area contributed by atoms with E-state index >= 15 is 0 Å². The fourth-order valence-corrected chi connectivity index (χ4v) is 1.65. The van der Waals surface area contributed by atoms with Crippen LogP contribution in [-0.2, 0) is 6.54 Å². The highest BCUT2D eigenvalue weighted by molar-refractivity contribution is 5.03. The maximum Gasteiger partial charge on any atom is 0.0951 e.